The first kappa shape index (κ1) is 14.4. The summed E-state index contributed by atoms with van der Waals surface area (Å²) in [5.74, 6) is 2.87. The van der Waals surface area contributed by atoms with Crippen LogP contribution in [0.5, 0.6) is 0 Å². The second kappa shape index (κ2) is 6.41. The predicted molar refractivity (Wildman–Crippen MR) is 79.8 cm³/mol. The van der Waals surface area contributed by atoms with Gasteiger partial charge in [-0.2, -0.15) is 0 Å². The Labute approximate surface area is 114 Å². The molecule has 18 heavy (non-hydrogen) atoms. The second-order valence-electron chi connectivity index (χ2n) is 7.33. The van der Waals surface area contributed by atoms with E-state index in [9.17, 15) is 0 Å². The molecule has 0 aromatic rings. The molecular weight excluding hydrogens is 218 g/mol. The average Bonchev–Trinajstić information content (AvgIpc) is 2.74. The summed E-state index contributed by atoms with van der Waals surface area (Å²) in [5.41, 5.74) is 0. The Balaban J connectivity index is 2.09. The van der Waals surface area contributed by atoms with Crippen LogP contribution in [0.3, 0.4) is 0 Å². The van der Waals surface area contributed by atoms with Gasteiger partial charge < -0.3 is 0 Å². The topological polar surface area (TPSA) is 3.24 Å². The van der Waals surface area contributed by atoms with Crippen molar-refractivity contribution in [2.24, 2.45) is 17.8 Å². The molecule has 0 spiro atoms. The van der Waals surface area contributed by atoms with Gasteiger partial charge in [-0.3, -0.25) is 4.90 Å². The van der Waals surface area contributed by atoms with Crippen LogP contribution in [0.4, 0.5) is 0 Å². The molecule has 0 amide bonds. The van der Waals surface area contributed by atoms with E-state index in [2.05, 4.69) is 32.6 Å². The van der Waals surface area contributed by atoms with Gasteiger partial charge in [0.1, 0.15) is 0 Å². The van der Waals surface area contributed by atoms with Crippen LogP contribution in [0, 0.1) is 17.8 Å². The molecule has 1 heteroatoms. The number of rotatable bonds is 2. The van der Waals surface area contributed by atoms with Crippen LogP contribution < -0.4 is 0 Å². The van der Waals surface area contributed by atoms with Gasteiger partial charge in [0.25, 0.3) is 0 Å². The van der Waals surface area contributed by atoms with E-state index in [1.165, 1.54) is 51.5 Å². The summed E-state index contributed by atoms with van der Waals surface area (Å²) in [7, 11) is 0. The van der Waals surface area contributed by atoms with Gasteiger partial charge in [0.2, 0.25) is 0 Å². The molecule has 0 bridgehead atoms. The third-order valence-electron chi connectivity index (χ3n) is 5.50. The largest absolute Gasteiger partial charge is 0.298 e. The predicted octanol–water partition coefficient (Wildman–Crippen LogP) is 4.71. The zero-order chi connectivity index (χ0) is 13.1. The smallest absolute Gasteiger partial charge is 0.0126 e. The molecule has 0 aromatic carbocycles. The molecule has 1 nitrogen and oxygen atoms in total. The third-order valence-corrected chi connectivity index (χ3v) is 5.50. The lowest BCUT2D eigenvalue weighted by molar-refractivity contribution is 0.114. The molecule has 1 aliphatic carbocycles. The Kier molecular flexibility index (Phi) is 5.12. The van der Waals surface area contributed by atoms with Gasteiger partial charge in [-0.15, -0.1) is 0 Å². The van der Waals surface area contributed by atoms with E-state index >= 15 is 0 Å². The van der Waals surface area contributed by atoms with Crippen molar-refractivity contribution < 1.29 is 0 Å². The van der Waals surface area contributed by atoms with Gasteiger partial charge in [-0.05, 0) is 63.8 Å². The highest BCUT2D eigenvalue weighted by Crippen LogP contribution is 2.39. The maximum atomic E-state index is 2.83. The summed E-state index contributed by atoms with van der Waals surface area (Å²) in [5, 5.41) is 0. The molecule has 1 saturated carbocycles. The van der Waals surface area contributed by atoms with E-state index in [-0.39, 0.29) is 0 Å². The normalized spacial score (nSPS) is 35.3. The highest BCUT2D eigenvalue weighted by Gasteiger charge is 2.35. The third kappa shape index (κ3) is 3.29. The van der Waals surface area contributed by atoms with Crippen molar-refractivity contribution in [3.8, 4) is 0 Å². The molecule has 1 saturated heterocycles. The van der Waals surface area contributed by atoms with Crippen molar-refractivity contribution in [3.05, 3.63) is 0 Å². The minimum atomic E-state index is 0.742. The molecule has 2 rings (SSSR count). The van der Waals surface area contributed by atoms with E-state index in [0.29, 0.717) is 0 Å². The molecule has 2 fully saturated rings. The summed E-state index contributed by atoms with van der Waals surface area (Å²) in [6.45, 7) is 11.0. The van der Waals surface area contributed by atoms with E-state index in [4.69, 9.17) is 0 Å². The SMILES string of the molecule is CC(C)C1CCCCN(C(C)C)C2CCCC2C1. The van der Waals surface area contributed by atoms with Crippen LogP contribution in [0.15, 0.2) is 0 Å². The Bertz CT molecular complexity index is 246. The van der Waals surface area contributed by atoms with E-state index < -0.39 is 0 Å². The fourth-order valence-corrected chi connectivity index (χ4v) is 4.35. The molecule has 1 aliphatic heterocycles. The Hall–Kier alpha value is -0.0400. The van der Waals surface area contributed by atoms with Crippen molar-refractivity contribution in [3.63, 3.8) is 0 Å². The first-order chi connectivity index (χ1) is 8.59. The van der Waals surface area contributed by atoms with Crippen LogP contribution >= 0.6 is 0 Å². The van der Waals surface area contributed by atoms with Crippen molar-refractivity contribution in [2.75, 3.05) is 6.54 Å². The van der Waals surface area contributed by atoms with Gasteiger partial charge >= 0.3 is 0 Å². The quantitative estimate of drug-likeness (QED) is 0.687. The number of hydrogen-bond donors (Lipinski definition) is 0. The Morgan fingerprint density at radius 2 is 1.67 bits per heavy atom. The molecule has 2 aliphatic rings. The minimum Gasteiger partial charge on any atom is -0.298 e. The molecule has 0 radical (unpaired) electrons. The fraction of sp³-hybridized carbons (Fsp3) is 1.00. The van der Waals surface area contributed by atoms with Crippen molar-refractivity contribution in [1.82, 2.24) is 4.90 Å². The highest BCUT2D eigenvalue weighted by atomic mass is 15.2. The fourth-order valence-electron chi connectivity index (χ4n) is 4.35. The van der Waals surface area contributed by atoms with Crippen LogP contribution in [-0.4, -0.2) is 23.5 Å². The maximum absolute atomic E-state index is 2.83. The summed E-state index contributed by atoms with van der Waals surface area (Å²) in [6.07, 6.45) is 10.3. The maximum Gasteiger partial charge on any atom is 0.0126 e. The van der Waals surface area contributed by atoms with Crippen molar-refractivity contribution >= 4 is 0 Å². The first-order valence-corrected chi connectivity index (χ1v) is 8.35. The molecular formula is C17H33N. The monoisotopic (exact) mass is 251 g/mol. The summed E-state index contributed by atoms with van der Waals surface area (Å²) < 4.78 is 0. The number of hydrogen-bond acceptors (Lipinski definition) is 1. The van der Waals surface area contributed by atoms with Crippen LogP contribution in [0.25, 0.3) is 0 Å². The first-order valence-electron chi connectivity index (χ1n) is 8.35. The highest BCUT2D eigenvalue weighted by molar-refractivity contribution is 4.89. The number of nitrogens with zero attached hydrogens (tertiary/aromatic N) is 1. The van der Waals surface area contributed by atoms with Crippen molar-refractivity contribution in [2.45, 2.75) is 84.7 Å². The van der Waals surface area contributed by atoms with Gasteiger partial charge in [0.05, 0.1) is 0 Å². The zero-order valence-electron chi connectivity index (χ0n) is 13.0. The van der Waals surface area contributed by atoms with E-state index in [1.807, 2.05) is 0 Å². The zero-order valence-corrected chi connectivity index (χ0v) is 13.0. The standard InChI is InChI=1S/C17H33N/c1-13(2)15-8-5-6-11-18(14(3)4)17-10-7-9-16(17)12-15/h13-17H,5-12H2,1-4H3. The summed E-state index contributed by atoms with van der Waals surface area (Å²) >= 11 is 0. The van der Waals surface area contributed by atoms with Crippen LogP contribution in [0.2, 0.25) is 0 Å². The molecule has 1 heterocycles. The van der Waals surface area contributed by atoms with Gasteiger partial charge in [-0.1, -0.05) is 33.1 Å². The van der Waals surface area contributed by atoms with Crippen LogP contribution in [-0.2, 0) is 0 Å². The minimum absolute atomic E-state index is 0.742. The molecule has 3 atom stereocenters. The lowest BCUT2D eigenvalue weighted by Crippen LogP contribution is -2.43. The van der Waals surface area contributed by atoms with Gasteiger partial charge in [0, 0.05) is 12.1 Å². The van der Waals surface area contributed by atoms with E-state index in [0.717, 1.165) is 29.8 Å². The second-order valence-corrected chi connectivity index (χ2v) is 7.33. The lowest BCUT2D eigenvalue weighted by Gasteiger charge is -2.36. The average molecular weight is 251 g/mol. The molecule has 106 valence electrons. The molecule has 3 unspecified atom stereocenters. The van der Waals surface area contributed by atoms with Crippen LogP contribution in [0.1, 0.15) is 72.6 Å². The Morgan fingerprint density at radius 3 is 2.33 bits per heavy atom. The molecule has 0 N–H and O–H groups in total. The Morgan fingerprint density at radius 1 is 0.889 bits per heavy atom. The van der Waals surface area contributed by atoms with Crippen molar-refractivity contribution in [1.29, 1.82) is 0 Å². The number of fused-ring (bicyclic) bond motifs is 1. The van der Waals surface area contributed by atoms with Gasteiger partial charge in [-0.25, -0.2) is 0 Å². The van der Waals surface area contributed by atoms with E-state index in [1.54, 1.807) is 0 Å². The lowest BCUT2D eigenvalue weighted by atomic mass is 9.81. The van der Waals surface area contributed by atoms with Gasteiger partial charge in [0.15, 0.2) is 0 Å². The summed E-state index contributed by atoms with van der Waals surface area (Å²) in [4.78, 5) is 2.83. The summed E-state index contributed by atoms with van der Waals surface area (Å²) in [6, 6.07) is 1.65. The molecule has 0 aromatic heterocycles.